The molecule has 0 heterocycles. The molecule has 0 saturated carbocycles. The second kappa shape index (κ2) is 6.67. The van der Waals surface area contributed by atoms with Crippen molar-refractivity contribution in [1.29, 1.82) is 0 Å². The van der Waals surface area contributed by atoms with Crippen LogP contribution in [0.5, 0.6) is 0 Å². The van der Waals surface area contributed by atoms with Crippen molar-refractivity contribution in [2.75, 3.05) is 7.05 Å². The number of aryl methyl sites for hydroxylation is 2. The van der Waals surface area contributed by atoms with E-state index < -0.39 is 0 Å². The van der Waals surface area contributed by atoms with Crippen LogP contribution in [0.4, 0.5) is 4.39 Å². The number of rotatable bonds is 5. The zero-order valence-electron chi connectivity index (χ0n) is 12.4. The minimum Gasteiger partial charge on any atom is -0.309 e. The van der Waals surface area contributed by atoms with Gasteiger partial charge in [0.2, 0.25) is 0 Å². The van der Waals surface area contributed by atoms with Crippen LogP contribution in [0, 0.1) is 12.7 Å². The normalized spacial score (nSPS) is 12.4. The Bertz CT molecular complexity index is 560. The van der Waals surface area contributed by atoms with E-state index >= 15 is 0 Å². The third kappa shape index (κ3) is 3.26. The topological polar surface area (TPSA) is 12.0 Å². The van der Waals surface area contributed by atoms with Crippen LogP contribution in [0.3, 0.4) is 0 Å². The average Bonchev–Trinajstić information content (AvgIpc) is 2.44. The minimum atomic E-state index is -0.151. The first kappa shape index (κ1) is 14.7. The molecule has 2 heteroatoms. The van der Waals surface area contributed by atoms with E-state index in [4.69, 9.17) is 0 Å². The van der Waals surface area contributed by atoms with Crippen LogP contribution in [-0.2, 0) is 6.42 Å². The van der Waals surface area contributed by atoms with Crippen molar-refractivity contribution >= 4 is 0 Å². The molecule has 0 spiro atoms. The second-order valence-corrected chi connectivity index (χ2v) is 5.24. The van der Waals surface area contributed by atoms with Crippen molar-refractivity contribution in [3.63, 3.8) is 0 Å². The molecule has 0 saturated heterocycles. The zero-order chi connectivity index (χ0) is 14.5. The van der Waals surface area contributed by atoms with Gasteiger partial charge in [-0.1, -0.05) is 49.7 Å². The second-order valence-electron chi connectivity index (χ2n) is 5.24. The quantitative estimate of drug-likeness (QED) is 0.850. The van der Waals surface area contributed by atoms with Crippen LogP contribution in [0.15, 0.2) is 42.5 Å². The van der Waals surface area contributed by atoms with Gasteiger partial charge in [-0.2, -0.15) is 0 Å². The molecule has 1 unspecified atom stereocenters. The molecule has 0 radical (unpaired) electrons. The van der Waals surface area contributed by atoms with Crippen LogP contribution in [-0.4, -0.2) is 7.05 Å². The van der Waals surface area contributed by atoms with Crippen molar-refractivity contribution in [2.45, 2.75) is 32.7 Å². The third-order valence-corrected chi connectivity index (χ3v) is 3.61. The molecule has 2 aromatic rings. The van der Waals surface area contributed by atoms with Crippen molar-refractivity contribution in [2.24, 2.45) is 0 Å². The van der Waals surface area contributed by atoms with Gasteiger partial charge in [0.05, 0.1) is 6.04 Å². The lowest BCUT2D eigenvalue weighted by molar-refractivity contribution is 0.575. The maximum Gasteiger partial charge on any atom is 0.128 e. The molecule has 0 amide bonds. The van der Waals surface area contributed by atoms with Gasteiger partial charge in [0, 0.05) is 5.56 Å². The van der Waals surface area contributed by atoms with Gasteiger partial charge < -0.3 is 5.32 Å². The highest BCUT2D eigenvalue weighted by Crippen LogP contribution is 2.25. The zero-order valence-corrected chi connectivity index (χ0v) is 12.4. The lowest BCUT2D eigenvalue weighted by atomic mass is 9.96. The molecule has 0 aliphatic rings. The number of hydrogen-bond donors (Lipinski definition) is 1. The Balaban J connectivity index is 2.31. The molecule has 1 atom stereocenters. The summed E-state index contributed by atoms with van der Waals surface area (Å²) in [6.07, 6.45) is 2.23. The molecule has 2 aromatic carbocycles. The highest BCUT2D eigenvalue weighted by Gasteiger charge is 2.15. The Labute approximate surface area is 120 Å². The van der Waals surface area contributed by atoms with Gasteiger partial charge in [-0.3, -0.25) is 0 Å². The van der Waals surface area contributed by atoms with Crippen LogP contribution < -0.4 is 5.32 Å². The fourth-order valence-corrected chi connectivity index (χ4v) is 2.53. The predicted molar refractivity (Wildman–Crippen MR) is 82.5 cm³/mol. The number of benzene rings is 2. The van der Waals surface area contributed by atoms with Crippen LogP contribution in [0.2, 0.25) is 0 Å². The van der Waals surface area contributed by atoms with E-state index in [1.807, 2.05) is 26.1 Å². The van der Waals surface area contributed by atoms with Gasteiger partial charge in [0.1, 0.15) is 5.82 Å². The van der Waals surface area contributed by atoms with Crippen LogP contribution in [0.25, 0.3) is 0 Å². The van der Waals surface area contributed by atoms with E-state index in [2.05, 4.69) is 36.5 Å². The van der Waals surface area contributed by atoms with Gasteiger partial charge in [0.15, 0.2) is 0 Å². The maximum atomic E-state index is 14.1. The Morgan fingerprint density at radius 2 is 1.80 bits per heavy atom. The Morgan fingerprint density at radius 3 is 2.35 bits per heavy atom. The molecular weight excluding hydrogens is 249 g/mol. The molecular formula is C18H22FN. The molecule has 1 nitrogen and oxygen atoms in total. The van der Waals surface area contributed by atoms with Gasteiger partial charge in [-0.25, -0.2) is 4.39 Å². The SMILES string of the molecule is CCCc1ccc(C(NC)c2ccc(C)cc2F)cc1. The van der Waals surface area contributed by atoms with Gasteiger partial charge >= 0.3 is 0 Å². The van der Waals surface area contributed by atoms with E-state index in [9.17, 15) is 4.39 Å². The maximum absolute atomic E-state index is 14.1. The van der Waals surface area contributed by atoms with E-state index in [1.54, 1.807) is 6.07 Å². The number of nitrogens with one attached hydrogen (secondary N) is 1. The molecule has 0 aliphatic carbocycles. The monoisotopic (exact) mass is 271 g/mol. The third-order valence-electron chi connectivity index (χ3n) is 3.61. The Hall–Kier alpha value is -1.67. The van der Waals surface area contributed by atoms with Gasteiger partial charge in [-0.05, 0) is 43.1 Å². The first-order chi connectivity index (χ1) is 9.65. The lowest BCUT2D eigenvalue weighted by Crippen LogP contribution is -2.19. The highest BCUT2D eigenvalue weighted by molar-refractivity contribution is 5.35. The molecule has 2 rings (SSSR count). The van der Waals surface area contributed by atoms with Gasteiger partial charge in [0.25, 0.3) is 0 Å². The fourth-order valence-electron chi connectivity index (χ4n) is 2.53. The fraction of sp³-hybridized carbons (Fsp3) is 0.333. The molecule has 0 bridgehead atoms. The molecule has 1 N–H and O–H groups in total. The number of halogens is 1. The predicted octanol–water partition coefficient (Wildman–Crippen LogP) is 4.40. The molecule has 20 heavy (non-hydrogen) atoms. The van der Waals surface area contributed by atoms with E-state index in [1.165, 1.54) is 5.56 Å². The summed E-state index contributed by atoms with van der Waals surface area (Å²) in [5.74, 6) is -0.151. The van der Waals surface area contributed by atoms with Crippen molar-refractivity contribution < 1.29 is 4.39 Å². The summed E-state index contributed by atoms with van der Waals surface area (Å²) in [7, 11) is 1.86. The first-order valence-corrected chi connectivity index (χ1v) is 7.18. The van der Waals surface area contributed by atoms with Crippen LogP contribution in [0.1, 0.15) is 41.6 Å². The molecule has 0 aliphatic heterocycles. The molecule has 0 aromatic heterocycles. The minimum absolute atomic E-state index is 0.105. The van der Waals surface area contributed by atoms with E-state index in [0.717, 1.165) is 24.0 Å². The summed E-state index contributed by atoms with van der Waals surface area (Å²) < 4.78 is 14.1. The average molecular weight is 271 g/mol. The summed E-state index contributed by atoms with van der Waals surface area (Å²) >= 11 is 0. The number of hydrogen-bond acceptors (Lipinski definition) is 1. The summed E-state index contributed by atoms with van der Waals surface area (Å²) in [5.41, 5.74) is 4.06. The first-order valence-electron chi connectivity index (χ1n) is 7.18. The summed E-state index contributed by atoms with van der Waals surface area (Å²) in [5, 5.41) is 3.21. The van der Waals surface area contributed by atoms with Crippen molar-refractivity contribution in [3.8, 4) is 0 Å². The van der Waals surface area contributed by atoms with E-state index in [-0.39, 0.29) is 11.9 Å². The molecule has 0 fully saturated rings. The lowest BCUT2D eigenvalue weighted by Gasteiger charge is -2.18. The standard InChI is InChI=1S/C18H22FN/c1-4-5-14-7-9-15(10-8-14)18(20-3)16-11-6-13(2)12-17(16)19/h6-12,18,20H,4-5H2,1-3H3. The largest absolute Gasteiger partial charge is 0.309 e. The summed E-state index contributed by atoms with van der Waals surface area (Å²) in [6, 6.07) is 13.7. The van der Waals surface area contributed by atoms with Gasteiger partial charge in [-0.15, -0.1) is 0 Å². The summed E-state index contributed by atoms with van der Waals surface area (Å²) in [4.78, 5) is 0. The van der Waals surface area contributed by atoms with Crippen molar-refractivity contribution in [1.82, 2.24) is 5.32 Å². The highest BCUT2D eigenvalue weighted by atomic mass is 19.1. The van der Waals surface area contributed by atoms with Crippen LogP contribution >= 0.6 is 0 Å². The Kier molecular flexibility index (Phi) is 4.91. The van der Waals surface area contributed by atoms with Crippen molar-refractivity contribution in [3.05, 3.63) is 70.5 Å². The molecule has 106 valence electrons. The Morgan fingerprint density at radius 1 is 1.10 bits per heavy atom. The smallest absolute Gasteiger partial charge is 0.128 e. The summed E-state index contributed by atoms with van der Waals surface area (Å²) in [6.45, 7) is 4.08. The van der Waals surface area contributed by atoms with E-state index in [0.29, 0.717) is 5.56 Å².